The van der Waals surface area contributed by atoms with Crippen LogP contribution in [0.4, 0.5) is 0 Å². The second-order valence-electron chi connectivity index (χ2n) is 11.8. The molecule has 2 bridgehead atoms. The van der Waals surface area contributed by atoms with Crippen molar-refractivity contribution in [1.82, 2.24) is 9.80 Å². The maximum absolute atomic E-state index is 13.7. The first kappa shape index (κ1) is 25.2. The Hall–Kier alpha value is -3.10. The standard InChI is InChI=1S/C30H36N2O6/c1-18(2)16-32(25(34)8-5-20-10-14-36-17-20)22-9-11-30(35)24-15-21-6-7-23(37-19(3)33)27-26(21)29(30,28(22)38-27)12-13-31(24)4/h5-8,10,14,17-18,22,24,28,35H,9,11-13,15-16H2,1-4H3/b8-5+/t22-,24+,28-,29-,30+/m0/s1. The van der Waals surface area contributed by atoms with Crippen LogP contribution in [0.15, 0.2) is 41.2 Å². The van der Waals surface area contributed by atoms with Crippen LogP contribution in [0.2, 0.25) is 0 Å². The average molecular weight is 521 g/mol. The molecule has 6 rings (SSSR count). The minimum Gasteiger partial charge on any atom is -0.483 e. The van der Waals surface area contributed by atoms with Crippen LogP contribution >= 0.6 is 0 Å². The molecule has 1 saturated heterocycles. The summed E-state index contributed by atoms with van der Waals surface area (Å²) in [6.07, 6.45) is 8.70. The van der Waals surface area contributed by atoms with Gasteiger partial charge in [0.15, 0.2) is 11.5 Å². The summed E-state index contributed by atoms with van der Waals surface area (Å²) in [5, 5.41) is 12.5. The van der Waals surface area contributed by atoms with Gasteiger partial charge in [-0.2, -0.15) is 0 Å². The molecule has 1 amide bonds. The predicted octanol–water partition coefficient (Wildman–Crippen LogP) is 3.56. The molecule has 8 heteroatoms. The van der Waals surface area contributed by atoms with E-state index in [2.05, 4.69) is 25.8 Å². The van der Waals surface area contributed by atoms with Crippen LogP contribution in [0.25, 0.3) is 6.08 Å². The van der Waals surface area contributed by atoms with E-state index in [1.807, 2.05) is 23.1 Å². The molecule has 1 spiro atoms. The quantitative estimate of drug-likeness (QED) is 0.354. The highest BCUT2D eigenvalue weighted by Gasteiger charge is 2.73. The summed E-state index contributed by atoms with van der Waals surface area (Å²) in [4.78, 5) is 29.9. The molecule has 4 aliphatic rings. The van der Waals surface area contributed by atoms with Gasteiger partial charge < -0.3 is 28.8 Å². The Bertz CT molecular complexity index is 1290. The molecule has 202 valence electrons. The van der Waals surface area contributed by atoms with Crippen molar-refractivity contribution in [3.63, 3.8) is 0 Å². The summed E-state index contributed by atoms with van der Waals surface area (Å²) >= 11 is 0. The molecule has 2 aliphatic carbocycles. The lowest BCUT2D eigenvalue weighted by Crippen LogP contribution is -2.78. The van der Waals surface area contributed by atoms with Crippen molar-refractivity contribution in [2.75, 3.05) is 20.1 Å². The summed E-state index contributed by atoms with van der Waals surface area (Å²) < 4.78 is 17.5. The van der Waals surface area contributed by atoms with Gasteiger partial charge >= 0.3 is 5.97 Å². The third-order valence-electron chi connectivity index (χ3n) is 9.14. The van der Waals surface area contributed by atoms with Crippen molar-refractivity contribution >= 4 is 18.0 Å². The number of rotatable bonds is 6. The van der Waals surface area contributed by atoms with Crippen molar-refractivity contribution in [2.24, 2.45) is 5.92 Å². The van der Waals surface area contributed by atoms with Crippen LogP contribution in [0.1, 0.15) is 56.7 Å². The lowest BCUT2D eigenvalue weighted by molar-refractivity contribution is -0.197. The lowest BCUT2D eigenvalue weighted by Gasteiger charge is -2.64. The fourth-order valence-corrected chi connectivity index (χ4v) is 7.69. The summed E-state index contributed by atoms with van der Waals surface area (Å²) in [6, 6.07) is 5.35. The second kappa shape index (κ2) is 8.99. The first-order chi connectivity index (χ1) is 18.2. The highest BCUT2D eigenvalue weighted by molar-refractivity contribution is 5.92. The number of piperidine rings is 1. The summed E-state index contributed by atoms with van der Waals surface area (Å²) in [7, 11) is 2.08. The van der Waals surface area contributed by atoms with E-state index in [4.69, 9.17) is 13.9 Å². The summed E-state index contributed by atoms with van der Waals surface area (Å²) in [6.45, 7) is 6.97. The van der Waals surface area contributed by atoms with E-state index in [0.29, 0.717) is 43.7 Å². The first-order valence-electron chi connectivity index (χ1n) is 13.6. The van der Waals surface area contributed by atoms with E-state index in [9.17, 15) is 14.7 Å². The largest absolute Gasteiger partial charge is 0.483 e. The normalized spacial score (nSPS) is 31.3. The Balaban J connectivity index is 1.46. The van der Waals surface area contributed by atoms with Crippen LogP contribution in [0.3, 0.4) is 0 Å². The Morgan fingerprint density at radius 3 is 2.82 bits per heavy atom. The lowest BCUT2D eigenvalue weighted by atomic mass is 9.48. The van der Waals surface area contributed by atoms with Crippen LogP contribution < -0.4 is 9.47 Å². The average Bonchev–Trinajstić information content (AvgIpc) is 3.50. The van der Waals surface area contributed by atoms with Crippen LogP contribution in [-0.4, -0.2) is 70.7 Å². The highest BCUT2D eigenvalue weighted by Crippen LogP contribution is 2.65. The fourth-order valence-electron chi connectivity index (χ4n) is 7.69. The Kier molecular flexibility index (Phi) is 5.96. The smallest absolute Gasteiger partial charge is 0.308 e. The third kappa shape index (κ3) is 3.57. The Morgan fingerprint density at radius 1 is 1.29 bits per heavy atom. The topological polar surface area (TPSA) is 92.5 Å². The number of amides is 1. The zero-order valence-electron chi connectivity index (χ0n) is 22.5. The van der Waals surface area contributed by atoms with Crippen LogP contribution in [-0.2, 0) is 21.4 Å². The number of aliphatic hydroxyl groups is 1. The summed E-state index contributed by atoms with van der Waals surface area (Å²) in [5.74, 6) is 0.684. The molecule has 2 aliphatic heterocycles. The van der Waals surface area contributed by atoms with Crippen molar-refractivity contribution in [2.45, 2.75) is 75.7 Å². The van der Waals surface area contributed by atoms with Crippen LogP contribution in [0.5, 0.6) is 11.5 Å². The van der Waals surface area contributed by atoms with E-state index in [0.717, 1.165) is 23.2 Å². The molecule has 38 heavy (non-hydrogen) atoms. The van der Waals surface area contributed by atoms with Crippen molar-refractivity contribution in [3.8, 4) is 11.5 Å². The number of benzene rings is 1. The number of esters is 1. The number of carbonyl (C=O) groups is 2. The van der Waals surface area contributed by atoms with E-state index < -0.39 is 23.1 Å². The van der Waals surface area contributed by atoms with Gasteiger partial charge in [0.05, 0.1) is 29.6 Å². The maximum Gasteiger partial charge on any atom is 0.308 e. The molecule has 2 aromatic rings. The van der Waals surface area contributed by atoms with E-state index in [1.165, 1.54) is 6.92 Å². The van der Waals surface area contributed by atoms with E-state index >= 15 is 0 Å². The number of likely N-dealkylation sites (tertiary alicyclic amines) is 1. The number of hydrogen-bond acceptors (Lipinski definition) is 7. The number of furan rings is 1. The Morgan fingerprint density at radius 2 is 2.11 bits per heavy atom. The zero-order valence-corrected chi connectivity index (χ0v) is 22.5. The third-order valence-corrected chi connectivity index (χ3v) is 9.14. The number of likely N-dealkylation sites (N-methyl/N-ethyl adjacent to an activating group) is 1. The predicted molar refractivity (Wildman–Crippen MR) is 141 cm³/mol. The van der Waals surface area contributed by atoms with Gasteiger partial charge in [0.25, 0.3) is 0 Å². The maximum atomic E-state index is 13.7. The van der Waals surface area contributed by atoms with E-state index in [1.54, 1.807) is 24.7 Å². The van der Waals surface area contributed by atoms with Gasteiger partial charge in [-0.05, 0) is 69.0 Å². The monoisotopic (exact) mass is 520 g/mol. The molecular weight excluding hydrogens is 484 g/mol. The second-order valence-corrected chi connectivity index (χ2v) is 11.8. The molecule has 8 nitrogen and oxygen atoms in total. The fraction of sp³-hybridized carbons (Fsp3) is 0.533. The molecule has 1 saturated carbocycles. The minimum atomic E-state index is -1.01. The molecule has 1 aromatic heterocycles. The minimum absolute atomic E-state index is 0.0448. The number of ether oxygens (including phenoxy) is 2. The molecule has 1 aromatic carbocycles. The van der Waals surface area contributed by atoms with Crippen molar-refractivity contribution in [3.05, 3.63) is 53.5 Å². The van der Waals surface area contributed by atoms with Gasteiger partial charge in [0.1, 0.15) is 6.10 Å². The highest BCUT2D eigenvalue weighted by atomic mass is 16.6. The van der Waals surface area contributed by atoms with Gasteiger partial charge in [-0.15, -0.1) is 0 Å². The number of nitrogens with zero attached hydrogens (tertiary/aromatic N) is 2. The summed E-state index contributed by atoms with van der Waals surface area (Å²) in [5.41, 5.74) is 1.24. The SMILES string of the molecule is CC(=O)Oc1ccc2c3c1O[C@H]1[C@@H](N(CC(C)C)C(=O)/C=C/c4ccoc4)CC[C@@]4(O)[C@@H](C2)N(C)CC[C@]314. The van der Waals surface area contributed by atoms with Gasteiger partial charge in [-0.25, -0.2) is 0 Å². The molecular formula is C30H36N2O6. The molecule has 0 unspecified atom stereocenters. The molecule has 0 radical (unpaired) electrons. The van der Waals surface area contributed by atoms with Crippen molar-refractivity contribution < 1.29 is 28.6 Å². The zero-order chi connectivity index (χ0) is 26.8. The van der Waals surface area contributed by atoms with Gasteiger partial charge in [-0.3, -0.25) is 9.59 Å². The van der Waals surface area contributed by atoms with Gasteiger partial charge in [0, 0.05) is 36.7 Å². The number of hydrogen-bond donors (Lipinski definition) is 1. The van der Waals surface area contributed by atoms with Crippen LogP contribution in [0, 0.1) is 5.92 Å². The van der Waals surface area contributed by atoms with Gasteiger partial charge in [0.2, 0.25) is 5.91 Å². The Labute approximate surface area is 223 Å². The molecule has 2 fully saturated rings. The molecule has 3 heterocycles. The first-order valence-corrected chi connectivity index (χ1v) is 13.6. The molecule has 1 N–H and O–H groups in total. The van der Waals surface area contributed by atoms with E-state index in [-0.39, 0.29) is 23.9 Å². The van der Waals surface area contributed by atoms with Crippen molar-refractivity contribution in [1.29, 1.82) is 0 Å². The number of carbonyl (C=O) groups excluding carboxylic acids is 2. The molecule has 5 atom stereocenters. The van der Waals surface area contributed by atoms with Gasteiger partial charge in [-0.1, -0.05) is 19.9 Å².